The van der Waals surface area contributed by atoms with Gasteiger partial charge < -0.3 is 19.2 Å². The lowest BCUT2D eigenvalue weighted by Crippen LogP contribution is -2.18. The molecule has 1 aliphatic rings. The molecule has 3 aromatic rings. The predicted molar refractivity (Wildman–Crippen MR) is 123 cm³/mol. The van der Waals surface area contributed by atoms with Gasteiger partial charge >= 0.3 is 5.97 Å². The second-order valence-corrected chi connectivity index (χ2v) is 9.23. The van der Waals surface area contributed by atoms with Crippen LogP contribution in [0.4, 0.5) is 13.8 Å². The number of hydrogen-bond acceptors (Lipinski definition) is 6. The highest BCUT2D eigenvalue weighted by Gasteiger charge is 2.28. The number of aryl methyl sites for hydroxylation is 1. The number of anilines is 1. The fourth-order valence-corrected chi connectivity index (χ4v) is 4.95. The van der Waals surface area contributed by atoms with Crippen molar-refractivity contribution in [2.45, 2.75) is 58.7 Å². The van der Waals surface area contributed by atoms with E-state index in [1.165, 1.54) is 29.5 Å². The molecule has 1 aliphatic carbocycles. The van der Waals surface area contributed by atoms with Gasteiger partial charge in [0.1, 0.15) is 23.2 Å². The Hall–Kier alpha value is -3.20. The van der Waals surface area contributed by atoms with E-state index < -0.39 is 23.5 Å². The largest absolute Gasteiger partial charge is 0.483 e. The fourth-order valence-electron chi connectivity index (χ4n) is 3.68. The van der Waals surface area contributed by atoms with Crippen molar-refractivity contribution < 1.29 is 32.3 Å². The number of fused-ring (bicyclic) bond motifs is 1. The molecule has 0 saturated heterocycles. The van der Waals surface area contributed by atoms with Crippen molar-refractivity contribution in [2.75, 3.05) is 5.32 Å². The molecular weight excluding hydrogens is 464 g/mol. The lowest BCUT2D eigenvalue weighted by Gasteiger charge is -2.15. The van der Waals surface area contributed by atoms with Crippen LogP contribution in [-0.2, 0) is 24.2 Å². The maximum absolute atomic E-state index is 13.7. The summed E-state index contributed by atoms with van der Waals surface area (Å²) in [6.45, 7) is 3.63. The molecule has 0 bridgehead atoms. The SMILES string of the molecule is CCC(C)OC(=O)c1c(NC(=O)c2ccc(COc3ccc(F)cc3F)o2)sc2c1CCCC2. The van der Waals surface area contributed by atoms with Crippen LogP contribution in [0.2, 0.25) is 0 Å². The third-order valence-electron chi connectivity index (χ3n) is 5.63. The number of carbonyl (C=O) groups is 2. The minimum Gasteiger partial charge on any atom is -0.483 e. The molecule has 2 heterocycles. The molecular formula is C25H25F2NO5S. The Balaban J connectivity index is 1.48. The average Bonchev–Trinajstić information content (AvgIpc) is 3.42. The van der Waals surface area contributed by atoms with Crippen molar-refractivity contribution >= 4 is 28.2 Å². The van der Waals surface area contributed by atoms with Crippen LogP contribution in [0.15, 0.2) is 34.7 Å². The number of carbonyl (C=O) groups excluding carboxylic acids is 2. The maximum Gasteiger partial charge on any atom is 0.341 e. The lowest BCUT2D eigenvalue weighted by atomic mass is 9.95. The first-order valence-electron chi connectivity index (χ1n) is 11.2. The van der Waals surface area contributed by atoms with Gasteiger partial charge in [-0.25, -0.2) is 13.6 Å². The third kappa shape index (κ3) is 5.30. The van der Waals surface area contributed by atoms with E-state index in [-0.39, 0.29) is 30.0 Å². The molecule has 1 aromatic carbocycles. The van der Waals surface area contributed by atoms with Crippen LogP contribution in [0, 0.1) is 11.6 Å². The number of halogens is 2. The van der Waals surface area contributed by atoms with E-state index in [2.05, 4.69) is 5.32 Å². The summed E-state index contributed by atoms with van der Waals surface area (Å²) in [5.74, 6) is -2.30. The molecule has 1 amide bonds. The van der Waals surface area contributed by atoms with Gasteiger partial charge in [-0.15, -0.1) is 11.3 Å². The van der Waals surface area contributed by atoms with E-state index in [1.807, 2.05) is 13.8 Å². The van der Waals surface area contributed by atoms with Crippen LogP contribution in [0.3, 0.4) is 0 Å². The molecule has 1 atom stereocenters. The van der Waals surface area contributed by atoms with Gasteiger partial charge in [0.2, 0.25) is 0 Å². The van der Waals surface area contributed by atoms with Gasteiger partial charge in [-0.3, -0.25) is 4.79 Å². The van der Waals surface area contributed by atoms with E-state index in [4.69, 9.17) is 13.9 Å². The second-order valence-electron chi connectivity index (χ2n) is 8.12. The minimum absolute atomic E-state index is 0.0193. The quantitative estimate of drug-likeness (QED) is 0.377. The Bertz CT molecular complexity index is 1200. The van der Waals surface area contributed by atoms with Crippen molar-refractivity contribution in [1.82, 2.24) is 0 Å². The Kier molecular flexibility index (Phi) is 7.31. The molecule has 0 fully saturated rings. The van der Waals surface area contributed by atoms with Crippen LogP contribution in [0.5, 0.6) is 5.75 Å². The van der Waals surface area contributed by atoms with Crippen molar-refractivity contribution in [2.24, 2.45) is 0 Å². The van der Waals surface area contributed by atoms with E-state index in [0.717, 1.165) is 48.3 Å². The number of rotatable bonds is 8. The monoisotopic (exact) mass is 489 g/mol. The summed E-state index contributed by atoms with van der Waals surface area (Å²) in [5, 5.41) is 3.25. The first-order chi connectivity index (χ1) is 16.4. The number of benzene rings is 1. The molecule has 0 aliphatic heterocycles. The molecule has 1 N–H and O–H groups in total. The predicted octanol–water partition coefficient (Wildman–Crippen LogP) is 6.28. The Morgan fingerprint density at radius 1 is 1.18 bits per heavy atom. The van der Waals surface area contributed by atoms with Crippen molar-refractivity contribution in [3.63, 3.8) is 0 Å². The molecule has 0 saturated carbocycles. The average molecular weight is 490 g/mol. The van der Waals surface area contributed by atoms with Gasteiger partial charge in [0, 0.05) is 10.9 Å². The molecule has 0 radical (unpaired) electrons. The molecule has 34 heavy (non-hydrogen) atoms. The summed E-state index contributed by atoms with van der Waals surface area (Å²) in [4.78, 5) is 26.9. The van der Waals surface area contributed by atoms with Crippen molar-refractivity contribution in [3.8, 4) is 5.75 Å². The zero-order valence-corrected chi connectivity index (χ0v) is 19.7. The van der Waals surface area contributed by atoms with Gasteiger partial charge in [0.15, 0.2) is 17.3 Å². The number of amides is 1. The highest BCUT2D eigenvalue weighted by molar-refractivity contribution is 7.17. The summed E-state index contributed by atoms with van der Waals surface area (Å²) in [7, 11) is 0. The van der Waals surface area contributed by atoms with Crippen LogP contribution in [-0.4, -0.2) is 18.0 Å². The van der Waals surface area contributed by atoms with Crippen LogP contribution in [0.25, 0.3) is 0 Å². The van der Waals surface area contributed by atoms with Crippen molar-refractivity contribution in [3.05, 3.63) is 69.5 Å². The zero-order valence-electron chi connectivity index (χ0n) is 18.9. The number of thiophene rings is 1. The standard InChI is InChI=1S/C25H25F2NO5S/c1-3-14(2)32-25(30)22-17-6-4-5-7-21(17)34-24(22)28-23(29)20-11-9-16(33-20)13-31-19-10-8-15(26)12-18(19)27/h8-12,14H,3-7,13H2,1-2H3,(H,28,29). The van der Waals surface area contributed by atoms with Gasteiger partial charge in [-0.1, -0.05) is 6.92 Å². The topological polar surface area (TPSA) is 77.8 Å². The molecule has 4 rings (SSSR count). The molecule has 0 spiro atoms. The molecule has 180 valence electrons. The van der Waals surface area contributed by atoms with Gasteiger partial charge in [0.25, 0.3) is 5.91 Å². The Morgan fingerprint density at radius 3 is 2.74 bits per heavy atom. The van der Waals surface area contributed by atoms with E-state index >= 15 is 0 Å². The van der Waals surface area contributed by atoms with Crippen LogP contribution < -0.4 is 10.1 Å². The minimum atomic E-state index is -0.831. The molecule has 1 unspecified atom stereocenters. The van der Waals surface area contributed by atoms with Crippen LogP contribution >= 0.6 is 11.3 Å². The van der Waals surface area contributed by atoms with Crippen LogP contribution in [0.1, 0.15) is 70.2 Å². The van der Waals surface area contributed by atoms with Gasteiger partial charge in [-0.05, 0) is 68.9 Å². The van der Waals surface area contributed by atoms with Gasteiger partial charge in [-0.2, -0.15) is 0 Å². The summed E-state index contributed by atoms with van der Waals surface area (Å²) in [6, 6.07) is 6.00. The molecule has 2 aromatic heterocycles. The van der Waals surface area contributed by atoms with Gasteiger partial charge in [0.05, 0.1) is 11.7 Å². The normalized spacial score (nSPS) is 13.8. The number of nitrogens with one attached hydrogen (secondary N) is 1. The highest BCUT2D eigenvalue weighted by atomic mass is 32.1. The number of esters is 1. The third-order valence-corrected chi connectivity index (χ3v) is 6.84. The lowest BCUT2D eigenvalue weighted by molar-refractivity contribution is 0.0335. The first kappa shape index (κ1) is 23.9. The molecule has 6 nitrogen and oxygen atoms in total. The molecule has 9 heteroatoms. The summed E-state index contributed by atoms with van der Waals surface area (Å²) in [6.07, 6.45) is 4.12. The van der Waals surface area contributed by atoms with E-state index in [0.29, 0.717) is 17.0 Å². The fraction of sp³-hybridized carbons (Fsp3) is 0.360. The van der Waals surface area contributed by atoms with E-state index in [9.17, 15) is 18.4 Å². The summed E-state index contributed by atoms with van der Waals surface area (Å²) < 4.78 is 43.2. The smallest absolute Gasteiger partial charge is 0.341 e. The maximum atomic E-state index is 13.7. The number of ether oxygens (including phenoxy) is 2. The number of hydrogen-bond donors (Lipinski definition) is 1. The summed E-state index contributed by atoms with van der Waals surface area (Å²) >= 11 is 1.39. The second kappa shape index (κ2) is 10.4. The zero-order chi connectivity index (χ0) is 24.2. The first-order valence-corrected chi connectivity index (χ1v) is 12.0. The summed E-state index contributed by atoms with van der Waals surface area (Å²) in [5.41, 5.74) is 1.38. The highest BCUT2D eigenvalue weighted by Crippen LogP contribution is 2.39. The van der Waals surface area contributed by atoms with Crippen molar-refractivity contribution in [1.29, 1.82) is 0 Å². The Morgan fingerprint density at radius 2 is 1.97 bits per heavy atom. The number of furan rings is 1. The van der Waals surface area contributed by atoms with E-state index in [1.54, 1.807) is 0 Å². The Labute approximate surface area is 199 Å².